The van der Waals surface area contributed by atoms with Gasteiger partial charge in [0.1, 0.15) is 0 Å². The van der Waals surface area contributed by atoms with E-state index in [1.165, 1.54) is 31.6 Å². The van der Waals surface area contributed by atoms with Crippen molar-refractivity contribution in [3.05, 3.63) is 29.8 Å². The molecule has 2 N–H and O–H groups in total. The standard InChI is InChI=1S/C13H18N2/c1-2-15-8-11-7-13(11,9-15)10-3-5-12(14)6-4-10/h3-6,11H,2,7-9,14H2,1H3. The minimum absolute atomic E-state index is 0.490. The largest absolute Gasteiger partial charge is 0.399 e. The van der Waals surface area contributed by atoms with E-state index in [0.717, 1.165) is 11.6 Å². The molecule has 1 heterocycles. The molecule has 0 amide bonds. The summed E-state index contributed by atoms with van der Waals surface area (Å²) >= 11 is 0. The van der Waals surface area contributed by atoms with E-state index in [1.54, 1.807) is 0 Å². The highest BCUT2D eigenvalue weighted by molar-refractivity contribution is 5.45. The fourth-order valence-corrected chi connectivity index (χ4v) is 3.09. The first-order valence-corrected chi connectivity index (χ1v) is 5.83. The van der Waals surface area contributed by atoms with Gasteiger partial charge >= 0.3 is 0 Å². The van der Waals surface area contributed by atoms with Crippen molar-refractivity contribution in [1.29, 1.82) is 0 Å². The van der Waals surface area contributed by atoms with Gasteiger partial charge in [-0.25, -0.2) is 0 Å². The molecule has 1 saturated carbocycles. The second kappa shape index (κ2) is 2.99. The van der Waals surface area contributed by atoms with Crippen LogP contribution in [-0.4, -0.2) is 24.5 Å². The molecule has 2 atom stereocenters. The summed E-state index contributed by atoms with van der Waals surface area (Å²) in [6.45, 7) is 5.98. The van der Waals surface area contributed by atoms with E-state index in [0.29, 0.717) is 5.41 Å². The molecule has 0 bridgehead atoms. The smallest absolute Gasteiger partial charge is 0.0314 e. The molecule has 0 radical (unpaired) electrons. The molecule has 0 spiro atoms. The SMILES string of the molecule is CCN1CC2CC2(c2ccc(N)cc2)C1. The average Bonchev–Trinajstić information content (AvgIpc) is 2.83. The molecule has 1 aliphatic carbocycles. The topological polar surface area (TPSA) is 29.3 Å². The molecule has 0 aromatic heterocycles. The monoisotopic (exact) mass is 202 g/mol. The van der Waals surface area contributed by atoms with Crippen LogP contribution in [0.1, 0.15) is 18.9 Å². The van der Waals surface area contributed by atoms with Gasteiger partial charge in [-0.15, -0.1) is 0 Å². The Balaban J connectivity index is 1.87. The summed E-state index contributed by atoms with van der Waals surface area (Å²) in [6, 6.07) is 8.51. The van der Waals surface area contributed by atoms with Gasteiger partial charge in [-0.3, -0.25) is 0 Å². The number of nitrogens with two attached hydrogens (primary N) is 1. The average molecular weight is 202 g/mol. The quantitative estimate of drug-likeness (QED) is 0.742. The zero-order valence-corrected chi connectivity index (χ0v) is 9.24. The Labute approximate surface area is 91.1 Å². The van der Waals surface area contributed by atoms with Crippen molar-refractivity contribution in [3.63, 3.8) is 0 Å². The van der Waals surface area contributed by atoms with E-state index in [4.69, 9.17) is 5.73 Å². The Hall–Kier alpha value is -1.02. The van der Waals surface area contributed by atoms with Crippen LogP contribution < -0.4 is 5.73 Å². The number of likely N-dealkylation sites (tertiary alicyclic amines) is 1. The van der Waals surface area contributed by atoms with Crippen molar-refractivity contribution >= 4 is 5.69 Å². The van der Waals surface area contributed by atoms with Gasteiger partial charge in [0, 0.05) is 24.2 Å². The van der Waals surface area contributed by atoms with E-state index in [-0.39, 0.29) is 0 Å². The Bertz CT molecular complexity index is 371. The Kier molecular flexibility index (Phi) is 1.84. The highest BCUT2D eigenvalue weighted by Gasteiger charge is 2.60. The molecule has 2 nitrogen and oxygen atoms in total. The summed E-state index contributed by atoms with van der Waals surface area (Å²) in [5.41, 5.74) is 8.59. The van der Waals surface area contributed by atoms with Crippen molar-refractivity contribution in [2.75, 3.05) is 25.4 Å². The zero-order valence-electron chi connectivity index (χ0n) is 9.24. The predicted octanol–water partition coefficient (Wildman–Crippen LogP) is 1.86. The maximum Gasteiger partial charge on any atom is 0.0314 e. The first-order valence-electron chi connectivity index (χ1n) is 5.83. The van der Waals surface area contributed by atoms with Gasteiger partial charge in [0.2, 0.25) is 0 Å². The minimum Gasteiger partial charge on any atom is -0.399 e. The Morgan fingerprint density at radius 1 is 1.40 bits per heavy atom. The number of hydrogen-bond acceptors (Lipinski definition) is 2. The number of piperidine rings is 1. The lowest BCUT2D eigenvalue weighted by Crippen LogP contribution is -2.26. The van der Waals surface area contributed by atoms with Crippen LogP contribution in [0.25, 0.3) is 0 Å². The van der Waals surface area contributed by atoms with Crippen molar-refractivity contribution in [2.24, 2.45) is 5.92 Å². The van der Waals surface area contributed by atoms with E-state index < -0.39 is 0 Å². The molecule has 80 valence electrons. The number of benzene rings is 1. The van der Waals surface area contributed by atoms with Gasteiger partial charge < -0.3 is 10.6 Å². The van der Waals surface area contributed by atoms with Gasteiger partial charge in [-0.05, 0) is 36.6 Å². The lowest BCUT2D eigenvalue weighted by atomic mass is 9.95. The third kappa shape index (κ3) is 1.28. The van der Waals surface area contributed by atoms with Crippen molar-refractivity contribution in [1.82, 2.24) is 4.90 Å². The molecule has 15 heavy (non-hydrogen) atoms. The third-order valence-corrected chi connectivity index (χ3v) is 4.15. The molecule has 1 aliphatic heterocycles. The molecule has 2 heteroatoms. The summed E-state index contributed by atoms with van der Waals surface area (Å²) in [5, 5.41) is 0. The van der Waals surface area contributed by atoms with Crippen LogP contribution in [-0.2, 0) is 5.41 Å². The minimum atomic E-state index is 0.490. The lowest BCUT2D eigenvalue weighted by Gasteiger charge is -2.19. The number of anilines is 1. The summed E-state index contributed by atoms with van der Waals surface area (Å²) in [7, 11) is 0. The molecule has 1 aromatic carbocycles. The highest BCUT2D eigenvalue weighted by atomic mass is 15.2. The van der Waals surface area contributed by atoms with Gasteiger partial charge in [-0.2, -0.15) is 0 Å². The number of hydrogen-bond donors (Lipinski definition) is 1. The van der Waals surface area contributed by atoms with Crippen LogP contribution in [0.4, 0.5) is 5.69 Å². The van der Waals surface area contributed by atoms with E-state index >= 15 is 0 Å². The van der Waals surface area contributed by atoms with Crippen LogP contribution >= 0.6 is 0 Å². The van der Waals surface area contributed by atoms with Crippen LogP contribution in [0.3, 0.4) is 0 Å². The molecule has 2 unspecified atom stereocenters. The van der Waals surface area contributed by atoms with Gasteiger partial charge in [0.25, 0.3) is 0 Å². The van der Waals surface area contributed by atoms with Gasteiger partial charge in [-0.1, -0.05) is 19.1 Å². The lowest BCUT2D eigenvalue weighted by molar-refractivity contribution is 0.314. The normalized spacial score (nSPS) is 34.1. The fourth-order valence-electron chi connectivity index (χ4n) is 3.09. The van der Waals surface area contributed by atoms with Crippen molar-refractivity contribution in [3.8, 4) is 0 Å². The molecule has 2 aliphatic rings. The predicted molar refractivity (Wildman–Crippen MR) is 62.8 cm³/mol. The van der Waals surface area contributed by atoms with Crippen LogP contribution in [0.2, 0.25) is 0 Å². The maximum absolute atomic E-state index is 5.73. The molecular weight excluding hydrogens is 184 g/mol. The fraction of sp³-hybridized carbons (Fsp3) is 0.538. The molecule has 1 aromatic rings. The second-order valence-corrected chi connectivity index (χ2v) is 5.01. The van der Waals surface area contributed by atoms with Crippen LogP contribution in [0.15, 0.2) is 24.3 Å². The molecule has 1 saturated heterocycles. The van der Waals surface area contributed by atoms with E-state index in [2.05, 4.69) is 24.0 Å². The number of nitrogens with zero attached hydrogens (tertiary/aromatic N) is 1. The zero-order chi connectivity index (χ0) is 10.5. The molecule has 3 rings (SSSR count). The summed E-state index contributed by atoms with van der Waals surface area (Å²) in [6.07, 6.45) is 1.38. The van der Waals surface area contributed by atoms with Crippen LogP contribution in [0, 0.1) is 5.92 Å². The molecule has 2 fully saturated rings. The van der Waals surface area contributed by atoms with Crippen molar-refractivity contribution in [2.45, 2.75) is 18.8 Å². The Morgan fingerprint density at radius 2 is 2.13 bits per heavy atom. The second-order valence-electron chi connectivity index (χ2n) is 5.01. The Morgan fingerprint density at radius 3 is 2.73 bits per heavy atom. The van der Waals surface area contributed by atoms with Crippen molar-refractivity contribution < 1.29 is 0 Å². The highest BCUT2D eigenvalue weighted by Crippen LogP contribution is 2.58. The van der Waals surface area contributed by atoms with Gasteiger partial charge in [0.05, 0.1) is 0 Å². The number of fused-ring (bicyclic) bond motifs is 1. The van der Waals surface area contributed by atoms with Gasteiger partial charge in [0.15, 0.2) is 0 Å². The molecular formula is C13H18N2. The first kappa shape index (κ1) is 9.22. The number of nitrogen functional groups attached to an aromatic ring is 1. The van der Waals surface area contributed by atoms with Crippen LogP contribution in [0.5, 0.6) is 0 Å². The summed E-state index contributed by atoms with van der Waals surface area (Å²) < 4.78 is 0. The van der Waals surface area contributed by atoms with E-state index in [1.807, 2.05) is 12.1 Å². The maximum atomic E-state index is 5.73. The third-order valence-electron chi connectivity index (χ3n) is 4.15. The first-order chi connectivity index (χ1) is 7.24. The number of likely N-dealkylation sites (N-methyl/N-ethyl adjacent to an activating group) is 1. The number of rotatable bonds is 2. The van der Waals surface area contributed by atoms with E-state index in [9.17, 15) is 0 Å². The summed E-state index contributed by atoms with van der Waals surface area (Å²) in [4.78, 5) is 2.56. The summed E-state index contributed by atoms with van der Waals surface area (Å²) in [5.74, 6) is 0.904.